The summed E-state index contributed by atoms with van der Waals surface area (Å²) in [7, 11) is 3.03. The van der Waals surface area contributed by atoms with Gasteiger partial charge in [-0.3, -0.25) is 0 Å². The van der Waals surface area contributed by atoms with Crippen molar-refractivity contribution >= 4 is 17.3 Å². The van der Waals surface area contributed by atoms with Gasteiger partial charge in [0.2, 0.25) is 0 Å². The minimum absolute atomic E-state index is 0.298. The second kappa shape index (κ2) is 4.11. The molecule has 3 nitrogen and oxygen atoms in total. The van der Waals surface area contributed by atoms with Crippen LogP contribution in [0.1, 0.15) is 28.4 Å². The Morgan fingerprint density at radius 2 is 2.00 bits per heavy atom. The highest BCUT2D eigenvalue weighted by molar-refractivity contribution is 7.14. The number of ether oxygens (including phenoxy) is 2. The van der Waals surface area contributed by atoms with Crippen molar-refractivity contribution < 1.29 is 14.3 Å². The number of carbonyl (C=O) groups excluding carboxylic acids is 1. The predicted molar refractivity (Wildman–Crippen MR) is 55.7 cm³/mol. The van der Waals surface area contributed by atoms with E-state index in [0.717, 1.165) is 4.88 Å². The molecule has 0 aliphatic carbocycles. The third-order valence-corrected chi connectivity index (χ3v) is 3.47. The Hall–Kier alpha value is -0.870. The number of carbonyl (C=O) groups is 1. The Labute approximate surface area is 87.7 Å². The fourth-order valence-corrected chi connectivity index (χ4v) is 1.98. The van der Waals surface area contributed by atoms with Gasteiger partial charge in [0.05, 0.1) is 12.7 Å². The molecule has 0 aromatic carbocycles. The molecule has 1 rings (SSSR count). The number of hydrogen-bond acceptors (Lipinski definition) is 4. The summed E-state index contributed by atoms with van der Waals surface area (Å²) in [6.07, 6.45) is 0. The molecule has 0 amide bonds. The Kier molecular flexibility index (Phi) is 3.29. The van der Waals surface area contributed by atoms with E-state index in [9.17, 15) is 4.79 Å². The van der Waals surface area contributed by atoms with Crippen molar-refractivity contribution in [1.29, 1.82) is 0 Å². The summed E-state index contributed by atoms with van der Waals surface area (Å²) in [5.41, 5.74) is -0.350. The number of esters is 1. The van der Waals surface area contributed by atoms with Crippen LogP contribution < -0.4 is 0 Å². The van der Waals surface area contributed by atoms with Crippen molar-refractivity contribution in [2.24, 2.45) is 0 Å². The first kappa shape index (κ1) is 11.2. The molecule has 1 aromatic heterocycles. The van der Waals surface area contributed by atoms with Gasteiger partial charge >= 0.3 is 5.97 Å². The van der Waals surface area contributed by atoms with Gasteiger partial charge in [-0.15, -0.1) is 11.3 Å². The Morgan fingerprint density at radius 1 is 1.36 bits per heavy atom. The van der Waals surface area contributed by atoms with Crippen LogP contribution in [0.5, 0.6) is 0 Å². The van der Waals surface area contributed by atoms with E-state index in [0.29, 0.717) is 4.88 Å². The third kappa shape index (κ3) is 2.13. The molecule has 0 fully saturated rings. The van der Waals surface area contributed by atoms with Crippen molar-refractivity contribution in [3.05, 3.63) is 21.9 Å². The summed E-state index contributed by atoms with van der Waals surface area (Å²) in [6.45, 7) is 3.92. The van der Waals surface area contributed by atoms with Crippen LogP contribution in [0.15, 0.2) is 12.1 Å². The third-order valence-electron chi connectivity index (χ3n) is 2.10. The van der Waals surface area contributed by atoms with Crippen LogP contribution in [0, 0.1) is 0 Å². The maximum atomic E-state index is 11.2. The van der Waals surface area contributed by atoms with Crippen molar-refractivity contribution in [2.45, 2.75) is 19.4 Å². The molecule has 0 saturated heterocycles. The van der Waals surface area contributed by atoms with E-state index in [-0.39, 0.29) is 11.6 Å². The Morgan fingerprint density at radius 3 is 2.50 bits per heavy atom. The molecule has 0 spiro atoms. The smallest absolute Gasteiger partial charge is 0.348 e. The summed E-state index contributed by atoms with van der Waals surface area (Å²) in [6, 6.07) is 3.65. The maximum absolute atomic E-state index is 11.2. The van der Waals surface area contributed by atoms with Crippen molar-refractivity contribution in [2.75, 3.05) is 14.2 Å². The van der Waals surface area contributed by atoms with E-state index >= 15 is 0 Å². The van der Waals surface area contributed by atoms with Crippen molar-refractivity contribution in [3.63, 3.8) is 0 Å². The van der Waals surface area contributed by atoms with E-state index in [4.69, 9.17) is 4.74 Å². The molecule has 4 heteroatoms. The van der Waals surface area contributed by atoms with Crippen LogP contribution in [0.2, 0.25) is 0 Å². The zero-order chi connectivity index (χ0) is 10.8. The summed E-state index contributed by atoms with van der Waals surface area (Å²) in [5.74, 6) is -0.298. The molecule has 78 valence electrons. The highest BCUT2D eigenvalue weighted by Gasteiger charge is 2.23. The molecule has 0 radical (unpaired) electrons. The Bertz CT molecular complexity index is 328. The first-order valence-corrected chi connectivity index (χ1v) is 5.06. The molecule has 1 aromatic rings. The van der Waals surface area contributed by atoms with Gasteiger partial charge in [0, 0.05) is 12.0 Å². The molecule has 0 saturated carbocycles. The standard InChI is InChI=1S/C10H14O3S/c1-10(2,13-4)8-6-5-7(14-8)9(11)12-3/h5-6H,1-4H3. The van der Waals surface area contributed by atoms with E-state index in [1.165, 1.54) is 18.4 Å². The lowest BCUT2D eigenvalue weighted by atomic mass is 10.1. The highest BCUT2D eigenvalue weighted by atomic mass is 32.1. The SMILES string of the molecule is COC(=O)c1ccc(C(C)(C)OC)s1. The summed E-state index contributed by atoms with van der Waals surface area (Å²) in [4.78, 5) is 12.8. The van der Waals surface area contributed by atoms with E-state index in [2.05, 4.69) is 4.74 Å². The minimum Gasteiger partial charge on any atom is -0.465 e. The summed E-state index contributed by atoms with van der Waals surface area (Å²) >= 11 is 1.40. The lowest BCUT2D eigenvalue weighted by Gasteiger charge is -2.20. The molecule has 0 atom stereocenters. The van der Waals surface area contributed by atoms with E-state index < -0.39 is 0 Å². The number of hydrogen-bond donors (Lipinski definition) is 0. The van der Waals surface area contributed by atoms with Crippen LogP contribution in [-0.4, -0.2) is 20.2 Å². The predicted octanol–water partition coefficient (Wildman–Crippen LogP) is 2.42. The van der Waals surface area contributed by atoms with E-state index in [1.807, 2.05) is 19.9 Å². The van der Waals surface area contributed by atoms with Crippen molar-refractivity contribution in [1.82, 2.24) is 0 Å². The lowest BCUT2D eigenvalue weighted by molar-refractivity contribution is 0.0224. The molecule has 14 heavy (non-hydrogen) atoms. The number of thiophene rings is 1. The lowest BCUT2D eigenvalue weighted by Crippen LogP contribution is -2.17. The quantitative estimate of drug-likeness (QED) is 0.725. The zero-order valence-corrected chi connectivity index (χ0v) is 9.60. The zero-order valence-electron chi connectivity index (χ0n) is 8.79. The average Bonchev–Trinajstić information content (AvgIpc) is 2.66. The monoisotopic (exact) mass is 214 g/mol. The van der Waals surface area contributed by atoms with Gasteiger partial charge in [-0.2, -0.15) is 0 Å². The van der Waals surface area contributed by atoms with Gasteiger partial charge in [0.1, 0.15) is 4.88 Å². The van der Waals surface area contributed by atoms with Crippen LogP contribution in [0.4, 0.5) is 0 Å². The molecule has 1 heterocycles. The molecule has 0 unspecified atom stereocenters. The van der Waals surface area contributed by atoms with Gasteiger partial charge in [0.25, 0.3) is 0 Å². The fraction of sp³-hybridized carbons (Fsp3) is 0.500. The molecule has 0 aliphatic heterocycles. The fourth-order valence-electron chi connectivity index (χ4n) is 0.972. The summed E-state index contributed by atoms with van der Waals surface area (Å²) < 4.78 is 9.94. The van der Waals surface area contributed by atoms with Gasteiger partial charge in [-0.1, -0.05) is 0 Å². The highest BCUT2D eigenvalue weighted by Crippen LogP contribution is 2.30. The normalized spacial score (nSPS) is 11.4. The Balaban J connectivity index is 2.93. The molecule has 0 bridgehead atoms. The first-order chi connectivity index (χ1) is 6.51. The van der Waals surface area contributed by atoms with Gasteiger partial charge in [-0.05, 0) is 26.0 Å². The van der Waals surface area contributed by atoms with Gasteiger partial charge in [0.15, 0.2) is 0 Å². The largest absolute Gasteiger partial charge is 0.465 e. The second-order valence-corrected chi connectivity index (χ2v) is 4.45. The maximum Gasteiger partial charge on any atom is 0.348 e. The van der Waals surface area contributed by atoms with Gasteiger partial charge in [-0.25, -0.2) is 4.79 Å². The van der Waals surface area contributed by atoms with Crippen LogP contribution >= 0.6 is 11.3 Å². The topological polar surface area (TPSA) is 35.5 Å². The second-order valence-electron chi connectivity index (χ2n) is 3.37. The summed E-state index contributed by atoms with van der Waals surface area (Å²) in [5, 5.41) is 0. The molecular weight excluding hydrogens is 200 g/mol. The molecule has 0 aliphatic rings. The van der Waals surface area contributed by atoms with Crippen LogP contribution in [0.25, 0.3) is 0 Å². The van der Waals surface area contributed by atoms with E-state index in [1.54, 1.807) is 13.2 Å². The number of methoxy groups -OCH3 is 2. The molecular formula is C10H14O3S. The van der Waals surface area contributed by atoms with Crippen LogP contribution in [-0.2, 0) is 15.1 Å². The van der Waals surface area contributed by atoms with Crippen molar-refractivity contribution in [3.8, 4) is 0 Å². The minimum atomic E-state index is -0.350. The number of rotatable bonds is 3. The molecule has 0 N–H and O–H groups in total. The first-order valence-electron chi connectivity index (χ1n) is 4.25. The van der Waals surface area contributed by atoms with Gasteiger partial charge < -0.3 is 9.47 Å². The average molecular weight is 214 g/mol. The van der Waals surface area contributed by atoms with Crippen LogP contribution in [0.3, 0.4) is 0 Å².